The number of hydrogen-bond acceptors (Lipinski definition) is 3. The lowest BCUT2D eigenvalue weighted by Crippen LogP contribution is -2.28. The van der Waals surface area contributed by atoms with E-state index in [4.69, 9.17) is 4.74 Å². The van der Waals surface area contributed by atoms with E-state index in [1.807, 2.05) is 64.1 Å². The zero-order chi connectivity index (χ0) is 18.1. The van der Waals surface area contributed by atoms with E-state index in [-0.39, 0.29) is 18.3 Å². The van der Waals surface area contributed by atoms with Gasteiger partial charge in [0.2, 0.25) is 5.91 Å². The summed E-state index contributed by atoms with van der Waals surface area (Å²) in [4.78, 5) is 26.8. The van der Waals surface area contributed by atoms with Gasteiger partial charge in [-0.15, -0.1) is 0 Å². The molecular weight excluding hydrogens is 314 g/mol. The molecule has 3 rings (SSSR count). The number of carbonyl (C=O) groups is 2. The van der Waals surface area contributed by atoms with Crippen molar-refractivity contribution >= 4 is 17.6 Å². The first-order chi connectivity index (χ1) is 11.9. The van der Waals surface area contributed by atoms with Crippen molar-refractivity contribution in [2.45, 2.75) is 34.1 Å². The van der Waals surface area contributed by atoms with Crippen molar-refractivity contribution in [3.63, 3.8) is 0 Å². The van der Waals surface area contributed by atoms with Crippen molar-refractivity contribution in [2.75, 3.05) is 11.4 Å². The first-order valence-electron chi connectivity index (χ1n) is 8.52. The number of carbonyl (C=O) groups excluding carboxylic acids is 2. The summed E-state index contributed by atoms with van der Waals surface area (Å²) in [6.45, 7) is 8.17. The highest BCUT2D eigenvalue weighted by Crippen LogP contribution is 2.30. The normalized spacial score (nSPS) is 17.0. The minimum Gasteiger partial charge on any atom is -0.426 e. The number of aryl methyl sites for hydroxylation is 4. The maximum atomic E-state index is 12.6. The Kier molecular flexibility index (Phi) is 4.62. The lowest BCUT2D eigenvalue weighted by molar-refractivity contribution is -0.139. The van der Waals surface area contributed by atoms with Crippen LogP contribution in [-0.4, -0.2) is 18.4 Å². The van der Waals surface area contributed by atoms with Crippen LogP contribution in [0.2, 0.25) is 0 Å². The Balaban J connectivity index is 1.78. The number of esters is 1. The molecule has 4 heteroatoms. The second-order valence-corrected chi connectivity index (χ2v) is 6.84. The Morgan fingerprint density at radius 1 is 1.04 bits per heavy atom. The van der Waals surface area contributed by atoms with E-state index in [0.717, 1.165) is 27.9 Å². The highest BCUT2D eigenvalue weighted by Gasteiger charge is 2.37. The van der Waals surface area contributed by atoms with Crippen LogP contribution in [0.3, 0.4) is 0 Å². The van der Waals surface area contributed by atoms with E-state index in [1.165, 1.54) is 0 Å². The predicted octanol–water partition coefficient (Wildman–Crippen LogP) is 3.88. The number of benzene rings is 2. The maximum absolute atomic E-state index is 12.6. The third-order valence-electron chi connectivity index (χ3n) is 4.73. The fraction of sp³-hybridized carbons (Fsp3) is 0.333. The van der Waals surface area contributed by atoms with Gasteiger partial charge in [0.05, 0.1) is 5.92 Å². The summed E-state index contributed by atoms with van der Waals surface area (Å²) in [5.41, 5.74) is 4.85. The largest absolute Gasteiger partial charge is 0.426 e. The van der Waals surface area contributed by atoms with Crippen LogP contribution in [0, 0.1) is 33.6 Å². The first kappa shape index (κ1) is 17.2. The fourth-order valence-corrected chi connectivity index (χ4v) is 3.25. The Morgan fingerprint density at radius 2 is 1.72 bits per heavy atom. The molecule has 4 nitrogen and oxygen atoms in total. The zero-order valence-electron chi connectivity index (χ0n) is 15.1. The van der Waals surface area contributed by atoms with Gasteiger partial charge in [-0.05, 0) is 56.0 Å². The van der Waals surface area contributed by atoms with Crippen molar-refractivity contribution in [3.05, 3.63) is 58.7 Å². The van der Waals surface area contributed by atoms with Gasteiger partial charge >= 0.3 is 5.97 Å². The molecule has 130 valence electrons. The summed E-state index contributed by atoms with van der Waals surface area (Å²) in [7, 11) is 0. The lowest BCUT2D eigenvalue weighted by Gasteiger charge is -2.19. The number of hydrogen-bond donors (Lipinski definition) is 0. The number of anilines is 1. The summed E-state index contributed by atoms with van der Waals surface area (Å²) < 4.78 is 5.63. The summed E-state index contributed by atoms with van der Waals surface area (Å²) in [5.74, 6) is -0.202. The van der Waals surface area contributed by atoms with Gasteiger partial charge in [0, 0.05) is 18.7 Å². The molecule has 1 fully saturated rings. The molecule has 25 heavy (non-hydrogen) atoms. The summed E-state index contributed by atoms with van der Waals surface area (Å²) in [5, 5.41) is 0. The average molecular weight is 337 g/mol. The van der Waals surface area contributed by atoms with E-state index < -0.39 is 5.92 Å². The van der Waals surface area contributed by atoms with E-state index in [0.29, 0.717) is 12.3 Å². The first-order valence-corrected chi connectivity index (χ1v) is 8.52. The van der Waals surface area contributed by atoms with Gasteiger partial charge in [-0.1, -0.05) is 30.3 Å². The van der Waals surface area contributed by atoms with Crippen LogP contribution in [0.15, 0.2) is 36.4 Å². The van der Waals surface area contributed by atoms with Gasteiger partial charge in [0.15, 0.2) is 0 Å². The molecule has 0 spiro atoms. The number of ether oxygens (including phenoxy) is 1. The Labute approximate surface area is 148 Å². The standard InChI is InChI=1S/C21H23NO3/c1-13-8-9-14(2)18(10-13)22-12-17(11-19(22)23)21(24)25-20-15(3)6-5-7-16(20)4/h5-10,17H,11-12H2,1-4H3/t17-/m1/s1. The monoisotopic (exact) mass is 337 g/mol. The average Bonchev–Trinajstić information content (AvgIpc) is 2.95. The van der Waals surface area contributed by atoms with Crippen molar-refractivity contribution in [1.29, 1.82) is 0 Å². The molecule has 2 aromatic rings. The maximum Gasteiger partial charge on any atom is 0.316 e. The van der Waals surface area contributed by atoms with Gasteiger partial charge < -0.3 is 9.64 Å². The molecular formula is C21H23NO3. The third-order valence-corrected chi connectivity index (χ3v) is 4.73. The van der Waals surface area contributed by atoms with Crippen LogP contribution in [0.25, 0.3) is 0 Å². The Hall–Kier alpha value is -2.62. The highest BCUT2D eigenvalue weighted by atomic mass is 16.5. The van der Waals surface area contributed by atoms with E-state index in [2.05, 4.69) is 0 Å². The van der Waals surface area contributed by atoms with Crippen LogP contribution in [0.5, 0.6) is 5.75 Å². The van der Waals surface area contributed by atoms with Crippen molar-refractivity contribution in [2.24, 2.45) is 5.92 Å². The van der Waals surface area contributed by atoms with Crippen molar-refractivity contribution in [3.8, 4) is 5.75 Å². The smallest absolute Gasteiger partial charge is 0.316 e. The molecule has 0 unspecified atom stereocenters. The Bertz CT molecular complexity index is 821. The highest BCUT2D eigenvalue weighted by molar-refractivity contribution is 6.00. The fourth-order valence-electron chi connectivity index (χ4n) is 3.25. The number of para-hydroxylation sites is 1. The van der Waals surface area contributed by atoms with Crippen LogP contribution < -0.4 is 9.64 Å². The SMILES string of the molecule is Cc1ccc(C)c(N2C[C@H](C(=O)Oc3c(C)cccc3C)CC2=O)c1. The predicted molar refractivity (Wildman–Crippen MR) is 97.9 cm³/mol. The summed E-state index contributed by atoms with van der Waals surface area (Å²) in [6.07, 6.45) is 0.192. The Morgan fingerprint density at radius 3 is 2.40 bits per heavy atom. The zero-order valence-corrected chi connectivity index (χ0v) is 15.1. The molecule has 1 amide bonds. The molecule has 0 radical (unpaired) electrons. The second-order valence-electron chi connectivity index (χ2n) is 6.84. The molecule has 1 atom stereocenters. The number of amides is 1. The lowest BCUT2D eigenvalue weighted by atomic mass is 10.1. The van der Waals surface area contributed by atoms with Gasteiger partial charge in [0.1, 0.15) is 5.75 Å². The molecule has 2 aromatic carbocycles. The van der Waals surface area contributed by atoms with Crippen molar-refractivity contribution in [1.82, 2.24) is 0 Å². The molecule has 1 heterocycles. The summed E-state index contributed by atoms with van der Waals surface area (Å²) in [6, 6.07) is 11.8. The number of nitrogens with zero attached hydrogens (tertiary/aromatic N) is 1. The minimum atomic E-state index is -0.439. The van der Waals surface area contributed by atoms with Crippen LogP contribution >= 0.6 is 0 Å². The van der Waals surface area contributed by atoms with E-state index in [1.54, 1.807) is 4.90 Å². The molecule has 0 saturated carbocycles. The molecule has 1 saturated heterocycles. The van der Waals surface area contributed by atoms with Gasteiger partial charge in [-0.2, -0.15) is 0 Å². The van der Waals surface area contributed by atoms with Gasteiger partial charge in [0.25, 0.3) is 0 Å². The second kappa shape index (κ2) is 6.71. The molecule has 1 aliphatic rings. The summed E-state index contributed by atoms with van der Waals surface area (Å²) >= 11 is 0. The minimum absolute atomic E-state index is 0.0304. The number of rotatable bonds is 3. The van der Waals surface area contributed by atoms with E-state index >= 15 is 0 Å². The molecule has 1 aliphatic heterocycles. The van der Waals surface area contributed by atoms with Crippen molar-refractivity contribution < 1.29 is 14.3 Å². The van der Waals surface area contributed by atoms with Gasteiger partial charge in [-0.25, -0.2) is 0 Å². The van der Waals surface area contributed by atoms with Crippen LogP contribution in [0.4, 0.5) is 5.69 Å². The quantitative estimate of drug-likeness (QED) is 0.631. The molecule has 0 bridgehead atoms. The van der Waals surface area contributed by atoms with E-state index in [9.17, 15) is 9.59 Å². The van der Waals surface area contributed by atoms with Crippen LogP contribution in [-0.2, 0) is 9.59 Å². The molecule has 0 aliphatic carbocycles. The van der Waals surface area contributed by atoms with Crippen LogP contribution in [0.1, 0.15) is 28.7 Å². The van der Waals surface area contributed by atoms with Gasteiger partial charge in [-0.3, -0.25) is 9.59 Å². The topological polar surface area (TPSA) is 46.6 Å². The molecule has 0 aromatic heterocycles. The molecule has 0 N–H and O–H groups in total. The third kappa shape index (κ3) is 3.43.